The van der Waals surface area contributed by atoms with Crippen LogP contribution in [0.4, 0.5) is 0 Å². The van der Waals surface area contributed by atoms with Crippen LogP contribution in [0.3, 0.4) is 0 Å². The number of imidazole rings is 1. The van der Waals surface area contributed by atoms with Gasteiger partial charge in [-0.15, -0.1) is 0 Å². The lowest BCUT2D eigenvalue weighted by atomic mass is 10.1. The first-order valence-corrected chi connectivity index (χ1v) is 9.92. The minimum atomic E-state index is -0.454. The van der Waals surface area contributed by atoms with E-state index in [4.69, 9.17) is 9.47 Å². The van der Waals surface area contributed by atoms with E-state index in [1.54, 1.807) is 18.2 Å². The number of benzene rings is 2. The molecule has 0 atom stereocenters. The highest BCUT2D eigenvalue weighted by Crippen LogP contribution is 2.31. The van der Waals surface area contributed by atoms with Crippen molar-refractivity contribution in [2.75, 3.05) is 13.2 Å². The first kappa shape index (κ1) is 20.4. The van der Waals surface area contributed by atoms with Crippen LogP contribution in [0.15, 0.2) is 42.5 Å². The lowest BCUT2D eigenvalue weighted by molar-refractivity contribution is -0.128. The van der Waals surface area contributed by atoms with Crippen LogP contribution >= 0.6 is 0 Å². The van der Waals surface area contributed by atoms with Gasteiger partial charge in [0, 0.05) is 25.5 Å². The maximum absolute atomic E-state index is 12.4. The highest BCUT2D eigenvalue weighted by molar-refractivity contribution is 5.98. The van der Waals surface area contributed by atoms with Crippen LogP contribution in [0.5, 0.6) is 11.5 Å². The number of carbonyl (C=O) groups excluding carboxylic acids is 3. The Bertz CT molecular complexity index is 1150. The molecule has 0 spiro atoms. The molecule has 160 valence electrons. The zero-order valence-electron chi connectivity index (χ0n) is 17.0. The number of carbonyl (C=O) groups is 3. The van der Waals surface area contributed by atoms with Crippen molar-refractivity contribution in [2.45, 2.75) is 19.3 Å². The number of nitrogens with one attached hydrogen (secondary N) is 2. The van der Waals surface area contributed by atoms with Gasteiger partial charge in [-0.05, 0) is 30.3 Å². The number of hydrogen-bond acceptors (Lipinski definition) is 6. The van der Waals surface area contributed by atoms with Crippen LogP contribution < -0.4 is 20.3 Å². The molecule has 9 heteroatoms. The van der Waals surface area contributed by atoms with Gasteiger partial charge in [-0.1, -0.05) is 12.1 Å². The Labute approximate surface area is 178 Å². The Kier molecular flexibility index (Phi) is 5.83. The zero-order valence-corrected chi connectivity index (χ0v) is 17.0. The molecule has 0 fully saturated rings. The van der Waals surface area contributed by atoms with Crippen molar-refractivity contribution in [1.82, 2.24) is 20.4 Å². The van der Waals surface area contributed by atoms with Crippen LogP contribution in [0.25, 0.3) is 11.0 Å². The third-order valence-corrected chi connectivity index (χ3v) is 4.98. The van der Waals surface area contributed by atoms with Crippen LogP contribution in [-0.2, 0) is 23.1 Å². The molecule has 0 radical (unpaired) electrons. The number of aromatic nitrogens is 2. The topological polar surface area (TPSA) is 112 Å². The van der Waals surface area contributed by atoms with Gasteiger partial charge in [0.05, 0.1) is 17.5 Å². The van der Waals surface area contributed by atoms with Crippen molar-refractivity contribution in [3.63, 3.8) is 0 Å². The number of ether oxygens (including phenoxy) is 2. The summed E-state index contributed by atoms with van der Waals surface area (Å²) in [5.41, 5.74) is 6.88. The van der Waals surface area contributed by atoms with E-state index >= 15 is 0 Å². The number of para-hydroxylation sites is 2. The second kappa shape index (κ2) is 8.86. The summed E-state index contributed by atoms with van der Waals surface area (Å²) in [4.78, 5) is 41.0. The average molecular weight is 422 g/mol. The normalized spacial score (nSPS) is 12.4. The predicted molar refractivity (Wildman–Crippen MR) is 112 cm³/mol. The Morgan fingerprint density at radius 2 is 1.71 bits per heavy atom. The summed E-state index contributed by atoms with van der Waals surface area (Å²) in [6.45, 7) is 0.907. The second-order valence-corrected chi connectivity index (χ2v) is 7.13. The molecule has 2 heterocycles. The van der Waals surface area contributed by atoms with Crippen molar-refractivity contribution in [3.05, 3.63) is 53.9 Å². The summed E-state index contributed by atoms with van der Waals surface area (Å²) >= 11 is 0. The minimum Gasteiger partial charge on any atom is -0.486 e. The Hall–Kier alpha value is -3.88. The molecular formula is C22H22N4O5. The Morgan fingerprint density at radius 1 is 0.968 bits per heavy atom. The number of ketones is 1. The molecule has 1 aromatic heterocycles. The van der Waals surface area contributed by atoms with Gasteiger partial charge in [-0.25, -0.2) is 4.98 Å². The highest BCUT2D eigenvalue weighted by Gasteiger charge is 2.16. The summed E-state index contributed by atoms with van der Waals surface area (Å²) < 4.78 is 12.7. The molecule has 0 saturated heterocycles. The van der Waals surface area contributed by atoms with Crippen molar-refractivity contribution in [3.8, 4) is 11.5 Å². The molecular weight excluding hydrogens is 400 g/mol. The van der Waals surface area contributed by atoms with Gasteiger partial charge in [-0.3, -0.25) is 25.2 Å². The van der Waals surface area contributed by atoms with E-state index in [1.165, 1.54) is 0 Å². The first-order chi connectivity index (χ1) is 15.0. The van der Waals surface area contributed by atoms with E-state index < -0.39 is 11.8 Å². The fraction of sp³-hybridized carbons (Fsp3) is 0.273. The molecule has 2 N–H and O–H groups in total. The van der Waals surface area contributed by atoms with Gasteiger partial charge >= 0.3 is 0 Å². The molecule has 9 nitrogen and oxygen atoms in total. The largest absolute Gasteiger partial charge is 0.486 e. The molecule has 1 aliphatic rings. The first-order valence-electron chi connectivity index (χ1n) is 9.92. The summed E-state index contributed by atoms with van der Waals surface area (Å²) in [5, 5.41) is 0. The van der Waals surface area contributed by atoms with Gasteiger partial charge in [0.1, 0.15) is 19.0 Å². The van der Waals surface area contributed by atoms with Crippen LogP contribution in [0, 0.1) is 0 Å². The van der Waals surface area contributed by atoms with Gasteiger partial charge in [0.25, 0.3) is 0 Å². The molecule has 1 aliphatic heterocycles. The van der Waals surface area contributed by atoms with Crippen LogP contribution in [-0.4, -0.2) is 40.4 Å². The van der Waals surface area contributed by atoms with Crippen LogP contribution in [0.1, 0.15) is 29.0 Å². The third-order valence-electron chi connectivity index (χ3n) is 4.98. The summed E-state index contributed by atoms with van der Waals surface area (Å²) in [5.74, 6) is 0.661. The van der Waals surface area contributed by atoms with E-state index in [2.05, 4.69) is 15.8 Å². The third kappa shape index (κ3) is 4.66. The molecule has 0 aliphatic carbocycles. The standard InChI is InChI=1S/C22H22N4O5/c1-26-16-5-3-2-4-15(16)23-20(26)13-22(29)25-24-21(28)9-7-17(27)14-6-8-18-19(12-14)31-11-10-30-18/h2-6,8,12H,7,9-11,13H2,1H3,(H,24,28)(H,25,29). The van der Waals surface area contributed by atoms with E-state index in [-0.39, 0.29) is 25.0 Å². The SMILES string of the molecule is Cn1c(CC(=O)NNC(=O)CCC(=O)c2ccc3c(c2)OCCO3)nc2ccccc21. The number of rotatable bonds is 6. The minimum absolute atomic E-state index is 0.00605. The van der Waals surface area contributed by atoms with E-state index in [1.807, 2.05) is 35.9 Å². The maximum atomic E-state index is 12.4. The molecule has 0 saturated carbocycles. The quantitative estimate of drug-likeness (QED) is 0.462. The molecule has 2 amide bonds. The zero-order chi connectivity index (χ0) is 21.8. The number of hydrogen-bond donors (Lipinski definition) is 2. The molecule has 31 heavy (non-hydrogen) atoms. The van der Waals surface area contributed by atoms with Gasteiger partial charge in [0.2, 0.25) is 11.8 Å². The predicted octanol–water partition coefficient (Wildman–Crippen LogP) is 1.70. The molecule has 0 bridgehead atoms. The second-order valence-electron chi connectivity index (χ2n) is 7.13. The molecule has 2 aromatic carbocycles. The lowest BCUT2D eigenvalue weighted by Gasteiger charge is -2.18. The van der Waals surface area contributed by atoms with Gasteiger partial charge < -0.3 is 14.0 Å². The van der Waals surface area contributed by atoms with Crippen molar-refractivity contribution < 1.29 is 23.9 Å². The van der Waals surface area contributed by atoms with E-state index in [9.17, 15) is 14.4 Å². The average Bonchev–Trinajstić information content (AvgIpc) is 3.11. The highest BCUT2D eigenvalue weighted by atomic mass is 16.6. The molecule has 0 unspecified atom stereocenters. The lowest BCUT2D eigenvalue weighted by Crippen LogP contribution is -2.42. The number of nitrogens with zero attached hydrogens (tertiary/aromatic N) is 2. The van der Waals surface area contributed by atoms with E-state index in [0.29, 0.717) is 36.1 Å². The summed E-state index contributed by atoms with van der Waals surface area (Å²) in [7, 11) is 1.83. The fourth-order valence-corrected chi connectivity index (χ4v) is 3.33. The maximum Gasteiger partial charge on any atom is 0.245 e. The Morgan fingerprint density at radius 3 is 2.52 bits per heavy atom. The van der Waals surface area contributed by atoms with Gasteiger partial charge in [-0.2, -0.15) is 0 Å². The van der Waals surface area contributed by atoms with Gasteiger partial charge in [0.15, 0.2) is 17.3 Å². The number of amides is 2. The number of hydrazine groups is 1. The molecule has 4 rings (SSSR count). The fourth-order valence-electron chi connectivity index (χ4n) is 3.33. The van der Waals surface area contributed by atoms with Crippen molar-refractivity contribution >= 4 is 28.6 Å². The van der Waals surface area contributed by atoms with Crippen molar-refractivity contribution in [2.24, 2.45) is 7.05 Å². The van der Waals surface area contributed by atoms with E-state index in [0.717, 1.165) is 11.0 Å². The smallest absolute Gasteiger partial charge is 0.245 e. The number of fused-ring (bicyclic) bond motifs is 2. The van der Waals surface area contributed by atoms with Crippen molar-refractivity contribution in [1.29, 1.82) is 0 Å². The van der Waals surface area contributed by atoms with Crippen LogP contribution in [0.2, 0.25) is 0 Å². The number of Topliss-reactive ketones (excluding diaryl/α,β-unsaturated/α-hetero) is 1. The molecule has 3 aromatic rings. The monoisotopic (exact) mass is 422 g/mol. The Balaban J connectivity index is 1.24. The summed E-state index contributed by atoms with van der Waals surface area (Å²) in [6.07, 6.45) is -0.0342. The number of aryl methyl sites for hydroxylation is 1. The summed E-state index contributed by atoms with van der Waals surface area (Å²) in [6, 6.07) is 12.5.